The van der Waals surface area contributed by atoms with E-state index in [1.54, 1.807) is 30.4 Å². The van der Waals surface area contributed by atoms with Crippen molar-refractivity contribution in [1.29, 1.82) is 0 Å². The first-order chi connectivity index (χ1) is 9.56. The van der Waals surface area contributed by atoms with E-state index in [4.69, 9.17) is 5.11 Å². The number of benzene rings is 1. The maximum Gasteiger partial charge on any atom is 0.156 e. The second-order valence-corrected chi connectivity index (χ2v) is 4.24. The zero-order chi connectivity index (χ0) is 15.0. The van der Waals surface area contributed by atoms with Gasteiger partial charge >= 0.3 is 0 Å². The minimum atomic E-state index is -0.219. The van der Waals surface area contributed by atoms with Gasteiger partial charge in [0.25, 0.3) is 0 Å². The number of rotatable bonds is 6. The Kier molecular flexibility index (Phi) is 6.43. The number of allylic oxidation sites excluding steroid dienone is 4. The van der Waals surface area contributed by atoms with Gasteiger partial charge in [0.2, 0.25) is 0 Å². The number of ketones is 1. The Labute approximate surface area is 118 Å². The monoisotopic (exact) mass is 274 g/mol. The highest BCUT2D eigenvalue weighted by atomic mass is 16.3. The van der Waals surface area contributed by atoms with Crippen LogP contribution in [0.2, 0.25) is 0 Å². The van der Waals surface area contributed by atoms with Crippen molar-refractivity contribution in [2.45, 2.75) is 20.1 Å². The number of aliphatic hydroxyl groups is 3. The molecule has 1 aromatic rings. The molecule has 0 saturated carbocycles. The van der Waals surface area contributed by atoms with Crippen molar-refractivity contribution in [3.8, 4) is 0 Å². The van der Waals surface area contributed by atoms with Crippen LogP contribution in [0.3, 0.4) is 0 Å². The van der Waals surface area contributed by atoms with Crippen LogP contribution in [-0.2, 0) is 18.0 Å². The molecule has 1 rings (SSSR count). The van der Waals surface area contributed by atoms with Gasteiger partial charge in [-0.1, -0.05) is 30.4 Å². The van der Waals surface area contributed by atoms with Crippen LogP contribution in [0.25, 0.3) is 6.08 Å². The SMILES string of the molecule is CC(=O)/C=C(O)/C=C/C=C/c1ccc(CO)c(CO)c1. The Morgan fingerprint density at radius 3 is 2.45 bits per heavy atom. The van der Waals surface area contributed by atoms with E-state index in [0.29, 0.717) is 11.1 Å². The average Bonchev–Trinajstić information content (AvgIpc) is 2.42. The summed E-state index contributed by atoms with van der Waals surface area (Å²) in [6.07, 6.45) is 7.64. The van der Waals surface area contributed by atoms with Crippen molar-refractivity contribution >= 4 is 11.9 Å². The van der Waals surface area contributed by atoms with Gasteiger partial charge in [-0.25, -0.2) is 0 Å². The van der Waals surface area contributed by atoms with Crippen LogP contribution in [0.5, 0.6) is 0 Å². The van der Waals surface area contributed by atoms with E-state index in [-0.39, 0.29) is 24.8 Å². The van der Waals surface area contributed by atoms with Gasteiger partial charge in [-0.15, -0.1) is 0 Å². The summed E-state index contributed by atoms with van der Waals surface area (Å²) in [4.78, 5) is 10.7. The minimum absolute atomic E-state index is 0.103. The fourth-order valence-electron chi connectivity index (χ4n) is 1.63. The molecule has 0 spiro atoms. The van der Waals surface area contributed by atoms with Gasteiger partial charge in [0.15, 0.2) is 5.78 Å². The van der Waals surface area contributed by atoms with Gasteiger partial charge in [-0.3, -0.25) is 4.79 Å². The van der Waals surface area contributed by atoms with Gasteiger partial charge in [0.05, 0.1) is 13.2 Å². The molecule has 0 fully saturated rings. The minimum Gasteiger partial charge on any atom is -0.508 e. The third-order valence-electron chi connectivity index (χ3n) is 2.59. The quantitative estimate of drug-likeness (QED) is 0.422. The first kappa shape index (κ1) is 15.9. The lowest BCUT2D eigenvalue weighted by Crippen LogP contribution is -1.94. The van der Waals surface area contributed by atoms with Crippen molar-refractivity contribution < 1.29 is 20.1 Å². The molecule has 0 aliphatic heterocycles. The summed E-state index contributed by atoms with van der Waals surface area (Å²) in [5.41, 5.74) is 2.24. The molecule has 0 aliphatic rings. The largest absolute Gasteiger partial charge is 0.508 e. The summed E-state index contributed by atoms with van der Waals surface area (Å²) in [6, 6.07) is 5.35. The van der Waals surface area contributed by atoms with Gasteiger partial charge < -0.3 is 15.3 Å². The molecule has 0 atom stereocenters. The number of aliphatic hydroxyl groups excluding tert-OH is 3. The third-order valence-corrected chi connectivity index (χ3v) is 2.59. The van der Waals surface area contributed by atoms with E-state index in [9.17, 15) is 15.0 Å². The molecule has 0 heterocycles. The second kappa shape index (κ2) is 8.09. The highest BCUT2D eigenvalue weighted by molar-refractivity contribution is 5.88. The Morgan fingerprint density at radius 1 is 1.15 bits per heavy atom. The summed E-state index contributed by atoms with van der Waals surface area (Å²) in [6.45, 7) is 1.12. The molecule has 0 aromatic heterocycles. The number of carbonyl (C=O) groups excluding carboxylic acids is 1. The van der Waals surface area contributed by atoms with E-state index in [1.165, 1.54) is 13.0 Å². The molecule has 3 N–H and O–H groups in total. The molecule has 0 bridgehead atoms. The zero-order valence-corrected chi connectivity index (χ0v) is 11.3. The highest BCUT2D eigenvalue weighted by Gasteiger charge is 2.00. The van der Waals surface area contributed by atoms with E-state index < -0.39 is 0 Å². The summed E-state index contributed by atoms with van der Waals surface area (Å²) in [5, 5.41) is 27.6. The molecule has 0 saturated heterocycles. The van der Waals surface area contributed by atoms with Crippen LogP contribution in [0, 0.1) is 0 Å². The van der Waals surface area contributed by atoms with E-state index in [1.807, 2.05) is 6.07 Å². The fraction of sp³-hybridized carbons (Fsp3) is 0.188. The second-order valence-electron chi connectivity index (χ2n) is 4.24. The summed E-state index contributed by atoms with van der Waals surface area (Å²) >= 11 is 0. The molecule has 0 aliphatic carbocycles. The predicted molar refractivity (Wildman–Crippen MR) is 77.9 cm³/mol. The fourth-order valence-corrected chi connectivity index (χ4v) is 1.63. The lowest BCUT2D eigenvalue weighted by atomic mass is 10.0. The predicted octanol–water partition coefficient (Wildman–Crippen LogP) is 2.27. The zero-order valence-electron chi connectivity index (χ0n) is 11.3. The van der Waals surface area contributed by atoms with Crippen LogP contribution >= 0.6 is 0 Å². The highest BCUT2D eigenvalue weighted by Crippen LogP contribution is 2.13. The van der Waals surface area contributed by atoms with Gasteiger partial charge in [0, 0.05) is 6.08 Å². The maximum absolute atomic E-state index is 10.7. The lowest BCUT2D eigenvalue weighted by molar-refractivity contribution is -0.112. The van der Waals surface area contributed by atoms with Crippen LogP contribution in [-0.4, -0.2) is 21.1 Å². The molecule has 4 heteroatoms. The standard InChI is InChI=1S/C16H18O4/c1-12(19)8-16(20)5-3-2-4-13-6-7-14(10-17)15(9-13)11-18/h2-9,17-18,20H,10-11H2,1H3/b4-2+,5-3+,16-8-. The van der Waals surface area contributed by atoms with Gasteiger partial charge in [-0.05, 0) is 35.8 Å². The molecule has 0 unspecified atom stereocenters. The summed E-state index contributed by atoms with van der Waals surface area (Å²) in [5.74, 6) is -0.322. The van der Waals surface area contributed by atoms with E-state index in [0.717, 1.165) is 11.6 Å². The van der Waals surface area contributed by atoms with Crippen molar-refractivity contribution in [1.82, 2.24) is 0 Å². The van der Waals surface area contributed by atoms with Crippen LogP contribution in [0.4, 0.5) is 0 Å². The van der Waals surface area contributed by atoms with Crippen LogP contribution in [0.15, 0.2) is 48.3 Å². The van der Waals surface area contributed by atoms with Crippen molar-refractivity contribution in [2.24, 2.45) is 0 Å². The molecule has 0 radical (unpaired) electrons. The first-order valence-electron chi connectivity index (χ1n) is 6.16. The van der Waals surface area contributed by atoms with E-state index in [2.05, 4.69) is 0 Å². The van der Waals surface area contributed by atoms with Gasteiger partial charge in [-0.2, -0.15) is 0 Å². The third kappa shape index (κ3) is 5.22. The first-order valence-corrected chi connectivity index (χ1v) is 6.16. The smallest absolute Gasteiger partial charge is 0.156 e. The summed E-state index contributed by atoms with van der Waals surface area (Å²) in [7, 11) is 0. The molecule has 4 nitrogen and oxygen atoms in total. The normalized spacial score (nSPS) is 12.4. The maximum atomic E-state index is 10.7. The Hall–Kier alpha value is -2.17. The molecule has 0 amide bonds. The van der Waals surface area contributed by atoms with Crippen molar-refractivity contribution in [3.63, 3.8) is 0 Å². The Morgan fingerprint density at radius 2 is 1.85 bits per heavy atom. The molecule has 106 valence electrons. The summed E-state index contributed by atoms with van der Waals surface area (Å²) < 4.78 is 0. The molecular formula is C16H18O4. The Bertz CT molecular complexity index is 554. The van der Waals surface area contributed by atoms with Crippen molar-refractivity contribution in [3.05, 3.63) is 65.0 Å². The average molecular weight is 274 g/mol. The van der Waals surface area contributed by atoms with Crippen molar-refractivity contribution in [2.75, 3.05) is 0 Å². The van der Waals surface area contributed by atoms with Crippen LogP contribution < -0.4 is 0 Å². The van der Waals surface area contributed by atoms with Gasteiger partial charge in [0.1, 0.15) is 5.76 Å². The van der Waals surface area contributed by atoms with E-state index >= 15 is 0 Å². The number of hydrogen-bond acceptors (Lipinski definition) is 4. The number of hydrogen-bond donors (Lipinski definition) is 3. The number of carbonyl (C=O) groups is 1. The molecular weight excluding hydrogens is 256 g/mol. The lowest BCUT2D eigenvalue weighted by Gasteiger charge is -2.05. The Balaban J connectivity index is 2.76. The molecule has 1 aromatic carbocycles. The molecule has 20 heavy (non-hydrogen) atoms. The van der Waals surface area contributed by atoms with Crippen LogP contribution in [0.1, 0.15) is 23.6 Å². The topological polar surface area (TPSA) is 77.8 Å².